The second kappa shape index (κ2) is 5.85. The van der Waals surface area contributed by atoms with Crippen molar-refractivity contribution >= 4 is 25.8 Å². The number of rotatable bonds is 5. The number of carboxylic acid groups (broad SMARTS) is 1. The van der Waals surface area contributed by atoms with E-state index in [1.54, 1.807) is 0 Å². The number of carboxylic acids is 1. The standard InChI is InChI=1S/C12H21NO6S2/c14-11(15)8-12(5-2-1-3-6-12)13-21(18,19)10-4-7-20(16,17)9-10/h10,13H,1-9H2,(H,14,15). The molecule has 1 saturated carbocycles. The van der Waals surface area contributed by atoms with Gasteiger partial charge in [0.05, 0.1) is 23.2 Å². The lowest BCUT2D eigenvalue weighted by molar-refractivity contribution is -0.138. The predicted molar refractivity (Wildman–Crippen MR) is 77.2 cm³/mol. The third kappa shape index (κ3) is 4.17. The Morgan fingerprint density at radius 1 is 1.24 bits per heavy atom. The van der Waals surface area contributed by atoms with Gasteiger partial charge in [0.2, 0.25) is 10.0 Å². The molecule has 2 N–H and O–H groups in total. The van der Waals surface area contributed by atoms with Crippen LogP contribution < -0.4 is 4.72 Å². The highest BCUT2D eigenvalue weighted by molar-refractivity contribution is 7.95. The SMILES string of the molecule is O=C(O)CC1(NS(=O)(=O)C2CCS(=O)(=O)C2)CCCCC1. The molecule has 122 valence electrons. The fourth-order valence-corrected chi connectivity index (χ4v) is 7.73. The topological polar surface area (TPSA) is 118 Å². The van der Waals surface area contributed by atoms with Crippen molar-refractivity contribution < 1.29 is 26.7 Å². The van der Waals surface area contributed by atoms with E-state index in [9.17, 15) is 21.6 Å². The van der Waals surface area contributed by atoms with Gasteiger partial charge in [0.15, 0.2) is 9.84 Å². The summed E-state index contributed by atoms with van der Waals surface area (Å²) in [5.74, 6) is -1.53. The average Bonchev–Trinajstić information content (AvgIpc) is 2.69. The van der Waals surface area contributed by atoms with Crippen molar-refractivity contribution in [3.63, 3.8) is 0 Å². The third-order valence-electron chi connectivity index (χ3n) is 4.29. The molecule has 0 aromatic rings. The van der Waals surface area contributed by atoms with E-state index >= 15 is 0 Å². The van der Waals surface area contributed by atoms with Crippen LogP contribution >= 0.6 is 0 Å². The highest BCUT2D eigenvalue weighted by atomic mass is 32.2. The summed E-state index contributed by atoms with van der Waals surface area (Å²) >= 11 is 0. The molecule has 1 saturated heterocycles. The maximum Gasteiger partial charge on any atom is 0.305 e. The van der Waals surface area contributed by atoms with Crippen LogP contribution in [0, 0.1) is 0 Å². The Kier molecular flexibility index (Phi) is 4.65. The normalized spacial score (nSPS) is 28.3. The smallest absolute Gasteiger partial charge is 0.305 e. The minimum atomic E-state index is -3.83. The van der Waals surface area contributed by atoms with Crippen LogP contribution in [-0.4, -0.2) is 50.2 Å². The Labute approximate surface area is 125 Å². The van der Waals surface area contributed by atoms with Gasteiger partial charge in [-0.15, -0.1) is 0 Å². The van der Waals surface area contributed by atoms with Gasteiger partial charge in [-0.05, 0) is 19.3 Å². The zero-order chi connectivity index (χ0) is 15.7. The molecule has 0 radical (unpaired) electrons. The molecule has 0 spiro atoms. The minimum Gasteiger partial charge on any atom is -0.481 e. The van der Waals surface area contributed by atoms with Crippen LogP contribution in [0.15, 0.2) is 0 Å². The number of aliphatic carboxylic acids is 1. The van der Waals surface area contributed by atoms with Crippen molar-refractivity contribution in [1.82, 2.24) is 4.72 Å². The molecule has 0 aromatic heterocycles. The predicted octanol–water partition coefficient (Wildman–Crippen LogP) is 0.270. The summed E-state index contributed by atoms with van der Waals surface area (Å²) in [5, 5.41) is 8.08. The molecule has 9 heteroatoms. The zero-order valence-electron chi connectivity index (χ0n) is 11.7. The van der Waals surface area contributed by atoms with Crippen molar-refractivity contribution in [1.29, 1.82) is 0 Å². The lowest BCUT2D eigenvalue weighted by atomic mass is 9.80. The maximum absolute atomic E-state index is 12.4. The quantitative estimate of drug-likeness (QED) is 0.742. The Hall–Kier alpha value is -0.670. The van der Waals surface area contributed by atoms with Gasteiger partial charge in [-0.1, -0.05) is 19.3 Å². The highest BCUT2D eigenvalue weighted by Gasteiger charge is 2.43. The van der Waals surface area contributed by atoms with E-state index in [2.05, 4.69) is 4.72 Å². The monoisotopic (exact) mass is 339 g/mol. The molecule has 1 atom stereocenters. The largest absolute Gasteiger partial charge is 0.481 e. The summed E-state index contributed by atoms with van der Waals surface area (Å²) in [7, 11) is -7.12. The first-order valence-corrected chi connectivity index (χ1v) is 10.5. The Bertz CT molecular complexity index is 604. The Morgan fingerprint density at radius 3 is 2.33 bits per heavy atom. The second-order valence-electron chi connectivity index (χ2n) is 6.08. The van der Waals surface area contributed by atoms with E-state index in [1.807, 2.05) is 0 Å². The first-order valence-electron chi connectivity index (χ1n) is 7.09. The molecule has 1 heterocycles. The summed E-state index contributed by atoms with van der Waals surface area (Å²) in [4.78, 5) is 11.1. The van der Waals surface area contributed by atoms with Crippen LogP contribution in [0.1, 0.15) is 44.9 Å². The van der Waals surface area contributed by atoms with E-state index in [0.717, 1.165) is 19.3 Å². The fraction of sp³-hybridized carbons (Fsp3) is 0.917. The fourth-order valence-electron chi connectivity index (χ4n) is 3.22. The van der Waals surface area contributed by atoms with Gasteiger partial charge in [0.1, 0.15) is 0 Å². The molecule has 21 heavy (non-hydrogen) atoms. The summed E-state index contributed by atoms with van der Waals surface area (Å²) in [6.07, 6.45) is 3.31. The van der Waals surface area contributed by atoms with Crippen LogP contribution in [-0.2, 0) is 24.7 Å². The van der Waals surface area contributed by atoms with Gasteiger partial charge in [-0.2, -0.15) is 0 Å². The summed E-state index contributed by atoms with van der Waals surface area (Å²) in [6.45, 7) is 0. The van der Waals surface area contributed by atoms with Crippen molar-refractivity contribution in [2.24, 2.45) is 0 Å². The lowest BCUT2D eigenvalue weighted by Crippen LogP contribution is -2.53. The van der Waals surface area contributed by atoms with Gasteiger partial charge >= 0.3 is 5.97 Å². The number of hydrogen-bond acceptors (Lipinski definition) is 5. The average molecular weight is 339 g/mol. The zero-order valence-corrected chi connectivity index (χ0v) is 13.4. The molecule has 1 unspecified atom stereocenters. The molecule has 2 rings (SSSR count). The van der Waals surface area contributed by atoms with Crippen LogP contribution in [0.2, 0.25) is 0 Å². The summed E-state index contributed by atoms with van der Waals surface area (Å²) in [6, 6.07) is 0. The molecule has 0 aromatic carbocycles. The van der Waals surface area contributed by atoms with E-state index in [0.29, 0.717) is 12.8 Å². The first kappa shape index (κ1) is 16.7. The molecule has 0 amide bonds. The second-order valence-corrected chi connectivity index (χ2v) is 10.3. The molecule has 2 fully saturated rings. The van der Waals surface area contributed by atoms with Crippen molar-refractivity contribution in [3.05, 3.63) is 0 Å². The van der Waals surface area contributed by atoms with Gasteiger partial charge in [-0.25, -0.2) is 21.6 Å². The minimum absolute atomic E-state index is 0.0841. The van der Waals surface area contributed by atoms with Crippen molar-refractivity contribution in [3.8, 4) is 0 Å². The third-order valence-corrected chi connectivity index (χ3v) is 8.27. The molecular weight excluding hydrogens is 318 g/mol. The Morgan fingerprint density at radius 2 is 1.86 bits per heavy atom. The van der Waals surface area contributed by atoms with Gasteiger partial charge in [0, 0.05) is 5.54 Å². The van der Waals surface area contributed by atoms with Crippen LogP contribution in [0.25, 0.3) is 0 Å². The van der Waals surface area contributed by atoms with Gasteiger partial charge in [-0.3, -0.25) is 4.79 Å². The molecular formula is C12H21NO6S2. The van der Waals surface area contributed by atoms with Crippen LogP contribution in [0.3, 0.4) is 0 Å². The van der Waals surface area contributed by atoms with E-state index in [1.165, 1.54) is 0 Å². The molecule has 0 bridgehead atoms. The van der Waals surface area contributed by atoms with Crippen molar-refractivity contribution in [2.75, 3.05) is 11.5 Å². The summed E-state index contributed by atoms with van der Waals surface area (Å²) in [5.41, 5.74) is -0.963. The van der Waals surface area contributed by atoms with Crippen LogP contribution in [0.5, 0.6) is 0 Å². The van der Waals surface area contributed by atoms with Gasteiger partial charge < -0.3 is 5.11 Å². The number of nitrogens with one attached hydrogen (secondary N) is 1. The van der Waals surface area contributed by atoms with E-state index in [-0.39, 0.29) is 24.3 Å². The number of hydrogen-bond donors (Lipinski definition) is 2. The number of sulfone groups is 1. The molecule has 2 aliphatic rings. The van der Waals surface area contributed by atoms with Gasteiger partial charge in [0.25, 0.3) is 0 Å². The van der Waals surface area contributed by atoms with E-state index < -0.39 is 36.6 Å². The highest BCUT2D eigenvalue weighted by Crippen LogP contribution is 2.33. The summed E-state index contributed by atoms with van der Waals surface area (Å²) < 4.78 is 50.3. The maximum atomic E-state index is 12.4. The van der Waals surface area contributed by atoms with Crippen molar-refractivity contribution in [2.45, 2.75) is 55.7 Å². The number of carbonyl (C=O) groups is 1. The van der Waals surface area contributed by atoms with E-state index in [4.69, 9.17) is 5.11 Å². The number of sulfonamides is 1. The van der Waals surface area contributed by atoms with Crippen LogP contribution in [0.4, 0.5) is 0 Å². The Balaban J connectivity index is 2.17. The molecule has 1 aliphatic heterocycles. The molecule has 1 aliphatic carbocycles. The lowest BCUT2D eigenvalue weighted by Gasteiger charge is -2.37. The first-order chi connectivity index (χ1) is 9.64. The molecule has 7 nitrogen and oxygen atoms in total.